The third kappa shape index (κ3) is 5.38. The summed E-state index contributed by atoms with van der Waals surface area (Å²) in [5.41, 5.74) is 0. The standard InChI is InChI=1S/C13H23NO4/c1-2-3-7-18-13(17)14-9-10-5-4-6-11(8-10)12(15)16/h10-11H,2-9H2,1H3,(H,14,17)(H,15,16). The summed E-state index contributed by atoms with van der Waals surface area (Å²) in [5.74, 6) is -0.703. The first-order valence-electron chi connectivity index (χ1n) is 6.77. The molecule has 0 heterocycles. The molecule has 1 aliphatic rings. The van der Waals surface area contributed by atoms with Crippen molar-refractivity contribution in [2.24, 2.45) is 11.8 Å². The maximum absolute atomic E-state index is 11.3. The van der Waals surface area contributed by atoms with Crippen LogP contribution in [0.25, 0.3) is 0 Å². The summed E-state index contributed by atoms with van der Waals surface area (Å²) < 4.78 is 4.98. The van der Waals surface area contributed by atoms with Gasteiger partial charge in [-0.05, 0) is 31.6 Å². The van der Waals surface area contributed by atoms with E-state index < -0.39 is 5.97 Å². The smallest absolute Gasteiger partial charge is 0.407 e. The Bertz CT molecular complexity index is 280. The van der Waals surface area contributed by atoms with Crippen LogP contribution in [0.1, 0.15) is 45.4 Å². The van der Waals surface area contributed by atoms with E-state index in [1.165, 1.54) is 0 Å². The maximum atomic E-state index is 11.3. The van der Waals surface area contributed by atoms with Crippen LogP contribution < -0.4 is 5.32 Å². The second kappa shape index (κ2) is 7.95. The highest BCUT2D eigenvalue weighted by atomic mass is 16.5. The van der Waals surface area contributed by atoms with Crippen LogP contribution in [-0.4, -0.2) is 30.3 Å². The largest absolute Gasteiger partial charge is 0.481 e. The van der Waals surface area contributed by atoms with E-state index in [0.717, 1.165) is 32.1 Å². The van der Waals surface area contributed by atoms with Gasteiger partial charge in [-0.15, -0.1) is 0 Å². The van der Waals surface area contributed by atoms with Crippen LogP contribution in [0, 0.1) is 11.8 Å². The second-order valence-corrected chi connectivity index (χ2v) is 4.94. The first-order chi connectivity index (χ1) is 8.63. The van der Waals surface area contributed by atoms with Gasteiger partial charge >= 0.3 is 12.1 Å². The number of unbranched alkanes of at least 4 members (excludes halogenated alkanes) is 1. The van der Waals surface area contributed by atoms with Gasteiger partial charge in [0.15, 0.2) is 0 Å². The molecule has 1 fully saturated rings. The van der Waals surface area contributed by atoms with Gasteiger partial charge in [0.2, 0.25) is 0 Å². The van der Waals surface area contributed by atoms with Crippen molar-refractivity contribution in [3.63, 3.8) is 0 Å². The molecule has 0 aromatic rings. The number of carbonyl (C=O) groups excluding carboxylic acids is 1. The lowest BCUT2D eigenvalue weighted by atomic mass is 9.81. The van der Waals surface area contributed by atoms with Gasteiger partial charge in [-0.2, -0.15) is 0 Å². The predicted octanol–water partition coefficient (Wildman–Crippen LogP) is 2.40. The maximum Gasteiger partial charge on any atom is 0.407 e. The zero-order valence-electron chi connectivity index (χ0n) is 11.0. The van der Waals surface area contributed by atoms with Crippen molar-refractivity contribution in [2.75, 3.05) is 13.2 Å². The molecule has 0 bridgehead atoms. The summed E-state index contributed by atoms with van der Waals surface area (Å²) in [4.78, 5) is 22.2. The molecule has 1 aliphatic carbocycles. The van der Waals surface area contributed by atoms with Crippen LogP contribution in [0.3, 0.4) is 0 Å². The Morgan fingerprint density at radius 1 is 1.39 bits per heavy atom. The quantitative estimate of drug-likeness (QED) is 0.716. The fourth-order valence-electron chi connectivity index (χ4n) is 2.29. The SMILES string of the molecule is CCCCOC(=O)NCC1CCCC(C(=O)O)C1. The highest BCUT2D eigenvalue weighted by Crippen LogP contribution is 2.28. The molecule has 1 rings (SSSR count). The second-order valence-electron chi connectivity index (χ2n) is 4.94. The lowest BCUT2D eigenvalue weighted by Crippen LogP contribution is -2.33. The first kappa shape index (κ1) is 14.8. The van der Waals surface area contributed by atoms with Crippen LogP contribution in [0.4, 0.5) is 4.79 Å². The van der Waals surface area contributed by atoms with Crippen LogP contribution >= 0.6 is 0 Å². The predicted molar refractivity (Wildman–Crippen MR) is 67.3 cm³/mol. The van der Waals surface area contributed by atoms with Crippen molar-refractivity contribution in [3.8, 4) is 0 Å². The van der Waals surface area contributed by atoms with E-state index in [9.17, 15) is 9.59 Å². The molecule has 0 aromatic heterocycles. The Kier molecular flexibility index (Phi) is 6.54. The van der Waals surface area contributed by atoms with Gasteiger partial charge in [0.25, 0.3) is 0 Å². The van der Waals surface area contributed by atoms with Crippen molar-refractivity contribution in [3.05, 3.63) is 0 Å². The van der Waals surface area contributed by atoms with Crippen LogP contribution in [0.5, 0.6) is 0 Å². The summed E-state index contributed by atoms with van der Waals surface area (Å²) in [6, 6.07) is 0. The molecule has 5 nitrogen and oxygen atoms in total. The zero-order valence-corrected chi connectivity index (χ0v) is 11.0. The molecule has 0 spiro atoms. The number of aliphatic carboxylic acids is 1. The van der Waals surface area contributed by atoms with Gasteiger partial charge in [-0.1, -0.05) is 19.8 Å². The Labute approximate surface area is 108 Å². The molecule has 0 saturated heterocycles. The molecule has 0 aliphatic heterocycles. The van der Waals surface area contributed by atoms with E-state index in [0.29, 0.717) is 19.6 Å². The topological polar surface area (TPSA) is 75.6 Å². The Morgan fingerprint density at radius 2 is 2.17 bits per heavy atom. The summed E-state index contributed by atoms with van der Waals surface area (Å²) >= 11 is 0. The number of ether oxygens (including phenoxy) is 1. The molecular weight excluding hydrogens is 234 g/mol. The summed E-state index contributed by atoms with van der Waals surface area (Å²) in [7, 11) is 0. The molecular formula is C13H23NO4. The van der Waals surface area contributed by atoms with Gasteiger partial charge in [0, 0.05) is 6.54 Å². The number of carboxylic acids is 1. The molecule has 2 atom stereocenters. The fraction of sp³-hybridized carbons (Fsp3) is 0.846. The lowest BCUT2D eigenvalue weighted by molar-refractivity contribution is -0.143. The number of hydrogen-bond donors (Lipinski definition) is 2. The van der Waals surface area contributed by atoms with Crippen molar-refractivity contribution >= 4 is 12.1 Å². The zero-order chi connectivity index (χ0) is 13.4. The van der Waals surface area contributed by atoms with Gasteiger partial charge in [-0.25, -0.2) is 4.79 Å². The summed E-state index contributed by atoms with van der Waals surface area (Å²) in [5, 5.41) is 11.7. The number of alkyl carbamates (subject to hydrolysis) is 1. The molecule has 1 amide bonds. The fourth-order valence-corrected chi connectivity index (χ4v) is 2.29. The highest BCUT2D eigenvalue weighted by molar-refractivity contribution is 5.70. The van der Waals surface area contributed by atoms with Gasteiger partial charge < -0.3 is 15.2 Å². The van der Waals surface area contributed by atoms with Crippen molar-refractivity contribution in [1.82, 2.24) is 5.32 Å². The first-order valence-corrected chi connectivity index (χ1v) is 6.77. The number of carbonyl (C=O) groups is 2. The number of amides is 1. The lowest BCUT2D eigenvalue weighted by Gasteiger charge is -2.26. The van der Waals surface area contributed by atoms with Gasteiger partial charge in [0.05, 0.1) is 12.5 Å². The molecule has 104 valence electrons. The van der Waals surface area contributed by atoms with E-state index in [2.05, 4.69) is 5.32 Å². The third-order valence-corrected chi connectivity index (χ3v) is 3.40. The molecule has 0 aromatic carbocycles. The van der Waals surface area contributed by atoms with Crippen LogP contribution in [0.2, 0.25) is 0 Å². The Balaban J connectivity index is 2.18. The van der Waals surface area contributed by atoms with E-state index in [-0.39, 0.29) is 17.9 Å². The van der Waals surface area contributed by atoms with Gasteiger partial charge in [-0.3, -0.25) is 4.79 Å². The molecule has 5 heteroatoms. The number of nitrogens with one attached hydrogen (secondary N) is 1. The van der Waals surface area contributed by atoms with Crippen LogP contribution in [-0.2, 0) is 9.53 Å². The number of carboxylic acid groups (broad SMARTS) is 1. The van der Waals surface area contributed by atoms with E-state index >= 15 is 0 Å². The molecule has 18 heavy (non-hydrogen) atoms. The molecule has 1 saturated carbocycles. The van der Waals surface area contributed by atoms with E-state index in [4.69, 9.17) is 9.84 Å². The molecule has 0 radical (unpaired) electrons. The number of hydrogen-bond acceptors (Lipinski definition) is 3. The summed E-state index contributed by atoms with van der Waals surface area (Å²) in [6.45, 7) is 3.01. The minimum Gasteiger partial charge on any atom is -0.481 e. The van der Waals surface area contributed by atoms with Crippen molar-refractivity contribution in [1.29, 1.82) is 0 Å². The Hall–Kier alpha value is -1.26. The van der Waals surface area contributed by atoms with Crippen molar-refractivity contribution < 1.29 is 19.4 Å². The van der Waals surface area contributed by atoms with Gasteiger partial charge in [0.1, 0.15) is 0 Å². The average Bonchev–Trinajstić information content (AvgIpc) is 2.37. The normalized spacial score (nSPS) is 23.4. The Morgan fingerprint density at radius 3 is 2.83 bits per heavy atom. The third-order valence-electron chi connectivity index (χ3n) is 3.40. The monoisotopic (exact) mass is 257 g/mol. The van der Waals surface area contributed by atoms with E-state index in [1.54, 1.807) is 0 Å². The molecule has 2 unspecified atom stereocenters. The highest BCUT2D eigenvalue weighted by Gasteiger charge is 2.27. The molecule has 2 N–H and O–H groups in total. The summed E-state index contributed by atoms with van der Waals surface area (Å²) in [6.07, 6.45) is 4.81. The van der Waals surface area contributed by atoms with Crippen molar-refractivity contribution in [2.45, 2.75) is 45.4 Å². The van der Waals surface area contributed by atoms with Crippen LogP contribution in [0.15, 0.2) is 0 Å². The average molecular weight is 257 g/mol. The minimum absolute atomic E-state index is 0.248. The minimum atomic E-state index is -0.717. The van der Waals surface area contributed by atoms with E-state index in [1.807, 2.05) is 6.92 Å². The number of rotatable bonds is 6.